The fourth-order valence-electron chi connectivity index (χ4n) is 2.26. The van der Waals surface area contributed by atoms with Gasteiger partial charge >= 0.3 is 0 Å². The number of thiazole rings is 1. The second-order valence-electron chi connectivity index (χ2n) is 5.64. The SMILES string of the molecule is CC[C@@H](NC(=O)CCc1n[nH]c(C)c1C)c1nc(C)c(C)s1. The van der Waals surface area contributed by atoms with Crippen molar-refractivity contribution in [2.75, 3.05) is 0 Å². The molecule has 0 saturated carbocycles. The van der Waals surface area contributed by atoms with Crippen LogP contribution in [-0.2, 0) is 11.2 Å². The predicted octanol–water partition coefficient (Wildman–Crippen LogP) is 3.30. The summed E-state index contributed by atoms with van der Waals surface area (Å²) in [6, 6.07) is 0.00640. The third-order valence-electron chi connectivity index (χ3n) is 4.03. The van der Waals surface area contributed by atoms with Crippen molar-refractivity contribution < 1.29 is 4.79 Å². The lowest BCUT2D eigenvalue weighted by Crippen LogP contribution is -2.28. The number of hydrogen-bond acceptors (Lipinski definition) is 4. The topological polar surface area (TPSA) is 70.7 Å². The lowest BCUT2D eigenvalue weighted by Gasteiger charge is -2.14. The Labute approximate surface area is 135 Å². The predicted molar refractivity (Wildman–Crippen MR) is 89.1 cm³/mol. The minimum Gasteiger partial charge on any atom is -0.347 e. The van der Waals surface area contributed by atoms with Crippen LogP contribution in [0, 0.1) is 27.7 Å². The molecule has 2 N–H and O–H groups in total. The van der Waals surface area contributed by atoms with Crippen LogP contribution >= 0.6 is 11.3 Å². The van der Waals surface area contributed by atoms with Gasteiger partial charge in [0.15, 0.2) is 0 Å². The van der Waals surface area contributed by atoms with E-state index in [0.717, 1.165) is 34.1 Å². The fraction of sp³-hybridized carbons (Fsp3) is 0.562. The highest BCUT2D eigenvalue weighted by molar-refractivity contribution is 7.11. The molecule has 6 heteroatoms. The molecule has 0 aliphatic carbocycles. The molecular weight excluding hydrogens is 296 g/mol. The first-order chi connectivity index (χ1) is 10.4. The molecule has 0 bridgehead atoms. The fourth-order valence-corrected chi connectivity index (χ4v) is 3.32. The number of carbonyl (C=O) groups excluding carboxylic acids is 1. The molecule has 1 amide bonds. The number of H-pyrrole nitrogens is 1. The van der Waals surface area contributed by atoms with Crippen LogP contribution in [-0.4, -0.2) is 21.1 Å². The Balaban J connectivity index is 1.93. The zero-order valence-electron chi connectivity index (χ0n) is 13.9. The summed E-state index contributed by atoms with van der Waals surface area (Å²) in [4.78, 5) is 18.0. The van der Waals surface area contributed by atoms with Crippen molar-refractivity contribution >= 4 is 17.2 Å². The molecule has 0 spiro atoms. The highest BCUT2D eigenvalue weighted by Crippen LogP contribution is 2.25. The molecule has 0 radical (unpaired) electrons. The van der Waals surface area contributed by atoms with E-state index >= 15 is 0 Å². The van der Waals surface area contributed by atoms with E-state index in [1.54, 1.807) is 11.3 Å². The number of aromatic nitrogens is 3. The largest absolute Gasteiger partial charge is 0.347 e. The van der Waals surface area contributed by atoms with E-state index in [4.69, 9.17) is 0 Å². The number of aromatic amines is 1. The van der Waals surface area contributed by atoms with E-state index in [-0.39, 0.29) is 11.9 Å². The Morgan fingerprint density at radius 1 is 1.32 bits per heavy atom. The molecule has 0 aliphatic heterocycles. The minimum atomic E-state index is 0.00640. The van der Waals surface area contributed by atoms with Gasteiger partial charge in [0.25, 0.3) is 0 Å². The molecule has 2 rings (SSSR count). The Kier molecular flexibility index (Phi) is 5.34. The maximum atomic E-state index is 12.2. The van der Waals surface area contributed by atoms with Gasteiger partial charge in [-0.15, -0.1) is 11.3 Å². The van der Waals surface area contributed by atoms with Gasteiger partial charge in [-0.05, 0) is 39.7 Å². The van der Waals surface area contributed by atoms with Crippen molar-refractivity contribution in [1.29, 1.82) is 0 Å². The lowest BCUT2D eigenvalue weighted by molar-refractivity contribution is -0.121. The Morgan fingerprint density at radius 2 is 2.05 bits per heavy atom. The smallest absolute Gasteiger partial charge is 0.220 e. The first kappa shape index (κ1) is 16.7. The van der Waals surface area contributed by atoms with Crippen LogP contribution in [0.15, 0.2) is 0 Å². The van der Waals surface area contributed by atoms with Gasteiger partial charge in [-0.2, -0.15) is 5.10 Å². The number of nitrogens with zero attached hydrogens (tertiary/aromatic N) is 2. The van der Waals surface area contributed by atoms with Crippen molar-refractivity contribution in [2.24, 2.45) is 0 Å². The number of carbonyl (C=O) groups is 1. The van der Waals surface area contributed by atoms with Gasteiger partial charge in [0.1, 0.15) is 5.01 Å². The van der Waals surface area contributed by atoms with E-state index in [0.29, 0.717) is 12.8 Å². The van der Waals surface area contributed by atoms with Gasteiger partial charge in [0, 0.05) is 23.4 Å². The normalized spacial score (nSPS) is 12.4. The van der Waals surface area contributed by atoms with E-state index in [1.807, 2.05) is 20.8 Å². The summed E-state index contributed by atoms with van der Waals surface area (Å²) in [5.74, 6) is 0.0532. The van der Waals surface area contributed by atoms with Gasteiger partial charge in [0.05, 0.1) is 17.4 Å². The number of hydrogen-bond donors (Lipinski definition) is 2. The average molecular weight is 320 g/mol. The number of nitrogens with one attached hydrogen (secondary N) is 2. The number of rotatable bonds is 6. The first-order valence-corrected chi connectivity index (χ1v) is 8.47. The van der Waals surface area contributed by atoms with Gasteiger partial charge in [-0.3, -0.25) is 9.89 Å². The number of amides is 1. The van der Waals surface area contributed by atoms with Crippen molar-refractivity contribution in [1.82, 2.24) is 20.5 Å². The highest BCUT2D eigenvalue weighted by atomic mass is 32.1. The lowest BCUT2D eigenvalue weighted by atomic mass is 10.1. The molecule has 120 valence electrons. The molecule has 2 heterocycles. The van der Waals surface area contributed by atoms with Gasteiger partial charge in [0.2, 0.25) is 5.91 Å². The highest BCUT2D eigenvalue weighted by Gasteiger charge is 2.17. The Hall–Kier alpha value is -1.69. The van der Waals surface area contributed by atoms with E-state index in [9.17, 15) is 4.79 Å². The molecule has 2 aromatic rings. The molecule has 0 aliphatic rings. The van der Waals surface area contributed by atoms with E-state index in [1.165, 1.54) is 4.88 Å². The van der Waals surface area contributed by atoms with Gasteiger partial charge < -0.3 is 5.32 Å². The molecular formula is C16H24N4OS. The van der Waals surface area contributed by atoms with Gasteiger partial charge in [-0.25, -0.2) is 4.98 Å². The van der Waals surface area contributed by atoms with Crippen LogP contribution in [0.3, 0.4) is 0 Å². The molecule has 0 unspecified atom stereocenters. The van der Waals surface area contributed by atoms with E-state index < -0.39 is 0 Å². The summed E-state index contributed by atoms with van der Waals surface area (Å²) in [5.41, 5.74) is 4.23. The second-order valence-corrected chi connectivity index (χ2v) is 6.88. The maximum Gasteiger partial charge on any atom is 0.220 e. The molecule has 0 saturated heterocycles. The summed E-state index contributed by atoms with van der Waals surface area (Å²) in [6.45, 7) is 10.2. The summed E-state index contributed by atoms with van der Waals surface area (Å²) in [7, 11) is 0. The van der Waals surface area contributed by atoms with Crippen LogP contribution in [0.4, 0.5) is 0 Å². The van der Waals surface area contributed by atoms with Crippen molar-refractivity contribution in [2.45, 2.75) is 59.9 Å². The summed E-state index contributed by atoms with van der Waals surface area (Å²) >= 11 is 1.67. The van der Waals surface area contributed by atoms with Crippen LogP contribution in [0.1, 0.15) is 58.3 Å². The zero-order chi connectivity index (χ0) is 16.3. The quantitative estimate of drug-likeness (QED) is 0.858. The standard InChI is InChI=1S/C16H24N4OS/c1-6-13(16-17-11(4)12(5)22-16)18-15(21)8-7-14-9(2)10(3)19-20-14/h13H,6-8H2,1-5H3,(H,18,21)(H,19,20)/t13-/m1/s1. The molecule has 5 nitrogen and oxygen atoms in total. The third kappa shape index (κ3) is 3.74. The first-order valence-electron chi connectivity index (χ1n) is 7.66. The average Bonchev–Trinajstić information content (AvgIpc) is 2.98. The summed E-state index contributed by atoms with van der Waals surface area (Å²) < 4.78 is 0. The van der Waals surface area contributed by atoms with Crippen molar-refractivity contribution in [3.05, 3.63) is 32.5 Å². The molecule has 0 aromatic carbocycles. The van der Waals surface area contributed by atoms with Crippen LogP contribution in [0.2, 0.25) is 0 Å². The number of aryl methyl sites for hydroxylation is 4. The monoisotopic (exact) mass is 320 g/mol. The molecule has 0 fully saturated rings. The van der Waals surface area contributed by atoms with Crippen LogP contribution in [0.25, 0.3) is 0 Å². The minimum absolute atomic E-state index is 0.00640. The maximum absolute atomic E-state index is 12.2. The third-order valence-corrected chi connectivity index (χ3v) is 5.22. The Bertz CT molecular complexity index is 640. The molecule has 22 heavy (non-hydrogen) atoms. The zero-order valence-corrected chi connectivity index (χ0v) is 14.7. The molecule has 2 aromatic heterocycles. The summed E-state index contributed by atoms with van der Waals surface area (Å²) in [5, 5.41) is 11.3. The molecule has 1 atom stereocenters. The summed E-state index contributed by atoms with van der Waals surface area (Å²) in [6.07, 6.45) is 1.96. The van der Waals surface area contributed by atoms with Crippen molar-refractivity contribution in [3.8, 4) is 0 Å². The van der Waals surface area contributed by atoms with Crippen LogP contribution < -0.4 is 5.32 Å². The van der Waals surface area contributed by atoms with Crippen molar-refractivity contribution in [3.63, 3.8) is 0 Å². The van der Waals surface area contributed by atoms with Crippen LogP contribution in [0.5, 0.6) is 0 Å². The Morgan fingerprint density at radius 3 is 2.55 bits per heavy atom. The van der Waals surface area contributed by atoms with Gasteiger partial charge in [-0.1, -0.05) is 6.92 Å². The second kappa shape index (κ2) is 7.05. The van der Waals surface area contributed by atoms with E-state index in [2.05, 4.69) is 34.3 Å².